The van der Waals surface area contributed by atoms with Crippen LogP contribution in [0.25, 0.3) is 10.1 Å². The van der Waals surface area contributed by atoms with Gasteiger partial charge in [0.2, 0.25) is 0 Å². The highest BCUT2D eigenvalue weighted by Crippen LogP contribution is 2.39. The second-order valence-corrected chi connectivity index (χ2v) is 10.2. The maximum Gasteiger partial charge on any atom is 0.283 e. The van der Waals surface area contributed by atoms with Crippen LogP contribution in [0.4, 0.5) is 5.69 Å². The number of nitrogens with zero attached hydrogens (tertiary/aromatic N) is 1. The molecular formula is C22H14Cl3N3O2S2. The zero-order valence-electron chi connectivity index (χ0n) is 16.4. The summed E-state index contributed by atoms with van der Waals surface area (Å²) in [6.07, 6.45) is 0. The first-order valence-electron chi connectivity index (χ1n) is 9.21. The summed E-state index contributed by atoms with van der Waals surface area (Å²) in [6, 6.07) is 15.9. The quantitative estimate of drug-likeness (QED) is 0.213. The third-order valence-corrected chi connectivity index (χ3v) is 7.66. The number of halogens is 3. The van der Waals surface area contributed by atoms with Crippen molar-refractivity contribution in [2.24, 2.45) is 5.10 Å². The molecule has 0 saturated heterocycles. The minimum Gasteiger partial charge on any atom is -0.321 e. The van der Waals surface area contributed by atoms with Crippen molar-refractivity contribution in [2.45, 2.75) is 6.92 Å². The van der Waals surface area contributed by atoms with E-state index in [1.807, 2.05) is 12.1 Å². The molecule has 0 radical (unpaired) electrons. The van der Waals surface area contributed by atoms with Gasteiger partial charge in [-0.05, 0) is 48.9 Å². The Balaban J connectivity index is 1.49. The first-order valence-corrected chi connectivity index (χ1v) is 12.0. The molecule has 2 heterocycles. The lowest BCUT2D eigenvalue weighted by atomic mass is 10.1. The summed E-state index contributed by atoms with van der Waals surface area (Å²) in [6.45, 7) is 1.75. The van der Waals surface area contributed by atoms with E-state index < -0.39 is 5.91 Å². The molecule has 2 amide bonds. The van der Waals surface area contributed by atoms with Gasteiger partial charge in [-0.1, -0.05) is 53.0 Å². The van der Waals surface area contributed by atoms with Crippen molar-refractivity contribution in [3.05, 3.63) is 84.3 Å². The molecule has 4 aromatic rings. The summed E-state index contributed by atoms with van der Waals surface area (Å²) in [5, 5.41) is 8.47. The maximum atomic E-state index is 12.7. The highest BCUT2D eigenvalue weighted by atomic mass is 35.5. The molecule has 0 aliphatic rings. The zero-order valence-corrected chi connectivity index (χ0v) is 20.3. The van der Waals surface area contributed by atoms with Gasteiger partial charge in [0.1, 0.15) is 4.88 Å². The van der Waals surface area contributed by atoms with E-state index in [2.05, 4.69) is 15.8 Å². The van der Waals surface area contributed by atoms with Crippen LogP contribution < -0.4 is 10.7 Å². The second kappa shape index (κ2) is 9.60. The minimum atomic E-state index is -0.425. The van der Waals surface area contributed by atoms with Gasteiger partial charge in [0.15, 0.2) is 0 Å². The van der Waals surface area contributed by atoms with Crippen LogP contribution in [0, 0.1) is 0 Å². The Bertz CT molecular complexity index is 1380. The molecule has 32 heavy (non-hydrogen) atoms. The van der Waals surface area contributed by atoms with Crippen molar-refractivity contribution in [1.82, 2.24) is 5.43 Å². The molecule has 2 aromatic carbocycles. The smallest absolute Gasteiger partial charge is 0.283 e. The molecule has 10 heteroatoms. The average molecular weight is 523 g/mol. The molecule has 0 aliphatic heterocycles. The van der Waals surface area contributed by atoms with Gasteiger partial charge >= 0.3 is 0 Å². The summed E-state index contributed by atoms with van der Waals surface area (Å²) in [5.41, 5.74) is 4.43. The molecule has 2 N–H and O–H groups in total. The number of thiophene rings is 2. The van der Waals surface area contributed by atoms with E-state index in [-0.39, 0.29) is 5.91 Å². The van der Waals surface area contributed by atoms with E-state index in [0.717, 1.165) is 10.3 Å². The number of carbonyl (C=O) groups excluding carboxylic acids is 2. The van der Waals surface area contributed by atoms with E-state index in [1.165, 1.54) is 22.7 Å². The van der Waals surface area contributed by atoms with E-state index in [0.29, 0.717) is 40.9 Å². The van der Waals surface area contributed by atoms with Gasteiger partial charge < -0.3 is 5.32 Å². The van der Waals surface area contributed by atoms with Gasteiger partial charge in [-0.3, -0.25) is 9.59 Å². The fourth-order valence-electron chi connectivity index (χ4n) is 2.92. The molecule has 0 bridgehead atoms. The van der Waals surface area contributed by atoms with E-state index in [1.54, 1.807) is 49.4 Å². The number of hydrogen-bond donors (Lipinski definition) is 2. The number of benzene rings is 2. The van der Waals surface area contributed by atoms with Crippen LogP contribution in [-0.2, 0) is 0 Å². The third kappa shape index (κ3) is 4.82. The van der Waals surface area contributed by atoms with Crippen LogP contribution in [-0.4, -0.2) is 17.5 Å². The van der Waals surface area contributed by atoms with Crippen molar-refractivity contribution in [2.75, 3.05) is 5.32 Å². The van der Waals surface area contributed by atoms with E-state index >= 15 is 0 Å². The Hall–Kier alpha value is -2.42. The minimum absolute atomic E-state index is 0.250. The largest absolute Gasteiger partial charge is 0.321 e. The fourth-order valence-corrected chi connectivity index (χ4v) is 5.70. The van der Waals surface area contributed by atoms with Gasteiger partial charge in [-0.2, -0.15) is 5.10 Å². The highest BCUT2D eigenvalue weighted by molar-refractivity contribution is 7.21. The summed E-state index contributed by atoms with van der Waals surface area (Å²) in [4.78, 5) is 25.8. The number of hydrogen-bond acceptors (Lipinski definition) is 5. The van der Waals surface area contributed by atoms with Crippen molar-refractivity contribution in [3.8, 4) is 0 Å². The van der Waals surface area contributed by atoms with Gasteiger partial charge in [0.25, 0.3) is 11.8 Å². The summed E-state index contributed by atoms with van der Waals surface area (Å²) in [7, 11) is 0. The fraction of sp³-hybridized carbons (Fsp3) is 0.0455. The summed E-state index contributed by atoms with van der Waals surface area (Å²) in [5.74, 6) is -0.675. The van der Waals surface area contributed by atoms with Gasteiger partial charge in [0, 0.05) is 15.8 Å². The van der Waals surface area contributed by atoms with Gasteiger partial charge in [0.05, 0.1) is 25.0 Å². The SMILES string of the molecule is CC(=NNC(=O)c1sc2cccc(Cl)c2c1Cl)c1cccc(NC(=O)c2ccc(Cl)s2)c1. The Morgan fingerprint density at radius 3 is 2.44 bits per heavy atom. The van der Waals surface area contributed by atoms with Gasteiger partial charge in [-0.25, -0.2) is 5.43 Å². The number of amides is 2. The molecule has 0 saturated carbocycles. The number of hydrazone groups is 1. The topological polar surface area (TPSA) is 70.6 Å². The standard InChI is InChI=1S/C22H14Cl3N3O2S2/c1-11(12-4-2-5-13(10-12)26-21(29)16-8-9-17(24)31-16)27-28-22(30)20-19(25)18-14(23)6-3-7-15(18)32-20/h2-10H,1H3,(H,26,29)(H,28,30). The lowest BCUT2D eigenvalue weighted by Crippen LogP contribution is -2.18. The average Bonchev–Trinajstić information content (AvgIpc) is 3.36. The van der Waals surface area contributed by atoms with Crippen LogP contribution in [0.1, 0.15) is 31.8 Å². The van der Waals surface area contributed by atoms with Crippen LogP contribution >= 0.6 is 57.5 Å². The monoisotopic (exact) mass is 521 g/mol. The van der Waals surface area contributed by atoms with Crippen LogP contribution in [0.5, 0.6) is 0 Å². The third-order valence-electron chi connectivity index (χ3n) is 4.47. The molecule has 0 atom stereocenters. The van der Waals surface area contributed by atoms with Crippen molar-refractivity contribution in [3.63, 3.8) is 0 Å². The molecule has 5 nitrogen and oxygen atoms in total. The Labute approximate surface area is 206 Å². The molecule has 2 aromatic heterocycles. The lowest BCUT2D eigenvalue weighted by molar-refractivity contribution is 0.0958. The molecular weight excluding hydrogens is 509 g/mol. The lowest BCUT2D eigenvalue weighted by Gasteiger charge is -2.07. The molecule has 0 unspecified atom stereocenters. The summed E-state index contributed by atoms with van der Waals surface area (Å²) >= 11 is 20.9. The Morgan fingerprint density at radius 2 is 1.72 bits per heavy atom. The van der Waals surface area contributed by atoms with E-state index in [9.17, 15) is 9.59 Å². The first-order chi connectivity index (χ1) is 15.3. The molecule has 162 valence electrons. The number of nitrogens with one attached hydrogen (secondary N) is 2. The van der Waals surface area contributed by atoms with Crippen molar-refractivity contribution >= 4 is 90.8 Å². The zero-order chi connectivity index (χ0) is 22.8. The van der Waals surface area contributed by atoms with Gasteiger partial charge in [-0.15, -0.1) is 22.7 Å². The number of rotatable bonds is 5. The van der Waals surface area contributed by atoms with E-state index in [4.69, 9.17) is 34.8 Å². The Kier molecular flexibility index (Phi) is 6.83. The summed E-state index contributed by atoms with van der Waals surface area (Å²) < 4.78 is 1.37. The molecule has 0 spiro atoms. The van der Waals surface area contributed by atoms with Crippen molar-refractivity contribution in [1.29, 1.82) is 0 Å². The number of carbonyl (C=O) groups is 2. The number of anilines is 1. The molecule has 0 fully saturated rings. The Morgan fingerprint density at radius 1 is 0.938 bits per heavy atom. The first kappa shape index (κ1) is 22.8. The highest BCUT2D eigenvalue weighted by Gasteiger charge is 2.18. The maximum absolute atomic E-state index is 12.7. The molecule has 0 aliphatic carbocycles. The predicted octanol–water partition coefficient (Wildman–Crippen LogP) is 7.33. The van der Waals surface area contributed by atoms with Crippen LogP contribution in [0.15, 0.2) is 59.7 Å². The molecule has 4 rings (SSSR count). The predicted molar refractivity (Wildman–Crippen MR) is 135 cm³/mol. The normalized spacial score (nSPS) is 11.6. The number of fused-ring (bicyclic) bond motifs is 1. The second-order valence-electron chi connectivity index (χ2n) is 6.63. The van der Waals surface area contributed by atoms with Crippen LogP contribution in [0.2, 0.25) is 14.4 Å². The van der Waals surface area contributed by atoms with Crippen LogP contribution in [0.3, 0.4) is 0 Å². The van der Waals surface area contributed by atoms with Crippen molar-refractivity contribution < 1.29 is 9.59 Å².